The zero-order chi connectivity index (χ0) is 18.9. The lowest BCUT2D eigenvalue weighted by molar-refractivity contribution is 0.151. The zero-order valence-corrected chi connectivity index (χ0v) is 16.3. The van der Waals surface area contributed by atoms with Gasteiger partial charge in [-0.1, -0.05) is 0 Å². The lowest BCUT2D eigenvalue weighted by atomic mass is 10.2. The van der Waals surface area contributed by atoms with Crippen LogP contribution in [0.3, 0.4) is 0 Å². The monoisotopic (exact) mass is 378 g/mol. The number of aliphatic imine (C=N–C) groups is 1. The topological polar surface area (TPSA) is 64.8 Å². The summed E-state index contributed by atoms with van der Waals surface area (Å²) in [7, 11) is 2.20. The Labute approximate surface area is 164 Å². The molecule has 0 saturated carbocycles. The van der Waals surface area contributed by atoms with Crippen molar-refractivity contribution in [2.75, 3.05) is 46.3 Å². The number of nitrogens with zero attached hydrogens (tertiary/aromatic N) is 7. The van der Waals surface area contributed by atoms with Crippen molar-refractivity contribution in [1.82, 2.24) is 35.0 Å². The predicted molar refractivity (Wildman–Crippen MR) is 112 cm³/mol. The first kappa shape index (κ1) is 17.5. The first-order valence-electron chi connectivity index (χ1n) is 9.98. The molecule has 2 aromatic heterocycles. The number of hydrogen-bond acceptors (Lipinski definition) is 7. The van der Waals surface area contributed by atoms with Crippen LogP contribution in [0, 0.1) is 0 Å². The Morgan fingerprint density at radius 1 is 1.18 bits per heavy atom. The van der Waals surface area contributed by atoms with Crippen LogP contribution in [0.5, 0.6) is 0 Å². The fraction of sp³-hybridized carbons (Fsp3) is 0.450. The van der Waals surface area contributed by atoms with Crippen molar-refractivity contribution in [2.45, 2.75) is 13.0 Å². The van der Waals surface area contributed by atoms with E-state index in [1.807, 2.05) is 22.1 Å². The van der Waals surface area contributed by atoms with E-state index in [9.17, 15) is 0 Å². The molecular weight excluding hydrogens is 352 g/mol. The standard InChI is InChI=1S/C20H26N8/c1-25-9-11-26(12-10-25)6-2-4-22-27-7-3-16-13-17-20(23-18(16)15-27)19-14-21-5-8-28(19)24-17/h3,5,7,13-15,22H,2,4,6,8-12H2,1H3. The van der Waals surface area contributed by atoms with Crippen molar-refractivity contribution in [3.63, 3.8) is 0 Å². The van der Waals surface area contributed by atoms with Gasteiger partial charge in [0.1, 0.15) is 16.4 Å². The number of piperazine rings is 1. The fourth-order valence-corrected chi connectivity index (χ4v) is 3.87. The van der Waals surface area contributed by atoms with Gasteiger partial charge in [-0.3, -0.25) is 14.7 Å². The summed E-state index contributed by atoms with van der Waals surface area (Å²) in [5.41, 5.74) is 6.41. The highest BCUT2D eigenvalue weighted by Gasteiger charge is 2.14. The average Bonchev–Trinajstić information content (AvgIpc) is 3.08. The van der Waals surface area contributed by atoms with E-state index >= 15 is 0 Å². The molecule has 0 unspecified atom stereocenters. The van der Waals surface area contributed by atoms with E-state index in [0.717, 1.165) is 46.8 Å². The highest BCUT2D eigenvalue weighted by Crippen LogP contribution is 2.10. The molecule has 0 radical (unpaired) electrons. The molecule has 0 aliphatic carbocycles. The van der Waals surface area contributed by atoms with E-state index in [0.29, 0.717) is 6.54 Å². The minimum absolute atomic E-state index is 0.702. The van der Waals surface area contributed by atoms with Gasteiger partial charge in [0, 0.05) is 56.9 Å². The Morgan fingerprint density at radius 2 is 2.07 bits per heavy atom. The van der Waals surface area contributed by atoms with Gasteiger partial charge < -0.3 is 9.80 Å². The Morgan fingerprint density at radius 3 is 2.96 bits per heavy atom. The number of nitrogens with one attached hydrogen (secondary N) is 1. The van der Waals surface area contributed by atoms with Crippen LogP contribution in [-0.4, -0.2) is 82.1 Å². The second-order valence-corrected chi connectivity index (χ2v) is 7.62. The molecule has 3 aliphatic heterocycles. The number of fused-ring (bicyclic) bond motifs is 4. The summed E-state index contributed by atoms with van der Waals surface area (Å²) in [6.45, 7) is 7.49. The molecule has 8 nitrogen and oxygen atoms in total. The van der Waals surface area contributed by atoms with Gasteiger partial charge in [0.2, 0.25) is 0 Å². The molecule has 1 saturated heterocycles. The quantitative estimate of drug-likeness (QED) is 0.703. The first-order chi connectivity index (χ1) is 13.8. The molecule has 5 rings (SSSR count). The van der Waals surface area contributed by atoms with Gasteiger partial charge in [-0.2, -0.15) is 5.10 Å². The molecule has 2 aromatic rings. The maximum absolute atomic E-state index is 4.86. The summed E-state index contributed by atoms with van der Waals surface area (Å²) in [6.07, 6.45) is 11.0. The number of hydrazine groups is 1. The fourth-order valence-electron chi connectivity index (χ4n) is 3.87. The van der Waals surface area contributed by atoms with E-state index in [-0.39, 0.29) is 0 Å². The molecule has 0 spiro atoms. The van der Waals surface area contributed by atoms with E-state index in [1.165, 1.54) is 26.2 Å². The van der Waals surface area contributed by atoms with E-state index < -0.39 is 0 Å². The Hall–Kier alpha value is -2.55. The Bertz CT molecular complexity index is 1040. The van der Waals surface area contributed by atoms with Gasteiger partial charge in [0.05, 0.1) is 18.1 Å². The molecule has 28 heavy (non-hydrogen) atoms. The molecule has 0 bridgehead atoms. The smallest absolute Gasteiger partial charge is 0.118 e. The summed E-state index contributed by atoms with van der Waals surface area (Å²) in [5.74, 6) is 0. The van der Waals surface area contributed by atoms with Gasteiger partial charge >= 0.3 is 0 Å². The molecule has 5 heterocycles. The van der Waals surface area contributed by atoms with Crippen molar-refractivity contribution in [3.05, 3.63) is 28.5 Å². The summed E-state index contributed by atoms with van der Waals surface area (Å²) in [4.78, 5) is 14.1. The third kappa shape index (κ3) is 3.46. The second-order valence-electron chi connectivity index (χ2n) is 7.62. The third-order valence-electron chi connectivity index (χ3n) is 5.59. The van der Waals surface area contributed by atoms with Crippen LogP contribution < -0.4 is 16.1 Å². The zero-order valence-electron chi connectivity index (χ0n) is 16.3. The molecular formula is C20H26N8. The molecule has 8 heteroatoms. The van der Waals surface area contributed by atoms with Crippen LogP contribution >= 0.6 is 0 Å². The van der Waals surface area contributed by atoms with E-state index in [4.69, 9.17) is 4.98 Å². The van der Waals surface area contributed by atoms with Gasteiger partial charge in [-0.25, -0.2) is 10.4 Å². The second kappa shape index (κ2) is 7.46. The maximum Gasteiger partial charge on any atom is 0.118 e. The van der Waals surface area contributed by atoms with Crippen LogP contribution in [0.4, 0.5) is 0 Å². The number of hydrogen-bond donors (Lipinski definition) is 1. The number of aromatic nitrogens is 3. The Kier molecular flexibility index (Phi) is 4.67. The van der Waals surface area contributed by atoms with Crippen molar-refractivity contribution in [3.8, 4) is 0 Å². The SMILES string of the molecule is CN1CCN(CCCNN2C=Cc3cc4nn5c(c4nc3=C2)=CN=CC5)CC1. The number of rotatable bonds is 5. The third-order valence-corrected chi connectivity index (χ3v) is 5.59. The molecule has 1 fully saturated rings. The highest BCUT2D eigenvalue weighted by atomic mass is 15.5. The molecule has 0 atom stereocenters. The van der Waals surface area contributed by atoms with E-state index in [1.54, 1.807) is 0 Å². The number of likely N-dealkylation sites (N-methyl/N-ethyl adjacent to an activating group) is 1. The lowest BCUT2D eigenvalue weighted by Crippen LogP contribution is -2.45. The van der Waals surface area contributed by atoms with Crippen LogP contribution in [0.1, 0.15) is 12.0 Å². The summed E-state index contributed by atoms with van der Waals surface area (Å²) < 4.78 is 1.95. The van der Waals surface area contributed by atoms with Crippen molar-refractivity contribution >= 4 is 35.7 Å². The molecule has 1 N–H and O–H groups in total. The first-order valence-corrected chi connectivity index (χ1v) is 9.98. The highest BCUT2D eigenvalue weighted by molar-refractivity contribution is 5.79. The molecule has 3 aliphatic rings. The molecule has 146 valence electrons. The minimum atomic E-state index is 0.702. The maximum atomic E-state index is 4.86. The molecule has 0 amide bonds. The van der Waals surface area contributed by atoms with Crippen LogP contribution in [0.25, 0.3) is 29.5 Å². The largest absolute Gasteiger partial charge is 0.304 e. The van der Waals surface area contributed by atoms with Crippen LogP contribution in [0.15, 0.2) is 17.3 Å². The van der Waals surface area contributed by atoms with Crippen molar-refractivity contribution in [1.29, 1.82) is 0 Å². The summed E-state index contributed by atoms with van der Waals surface area (Å²) >= 11 is 0. The predicted octanol–water partition coefficient (Wildman–Crippen LogP) is -0.580. The lowest BCUT2D eigenvalue weighted by Gasteiger charge is -2.32. The van der Waals surface area contributed by atoms with Crippen molar-refractivity contribution in [2.24, 2.45) is 4.99 Å². The van der Waals surface area contributed by atoms with Crippen LogP contribution in [-0.2, 0) is 6.54 Å². The van der Waals surface area contributed by atoms with E-state index in [2.05, 4.69) is 56.9 Å². The minimum Gasteiger partial charge on any atom is -0.304 e. The molecule has 0 aromatic carbocycles. The van der Waals surface area contributed by atoms with Gasteiger partial charge in [0.25, 0.3) is 0 Å². The Balaban J connectivity index is 1.25. The van der Waals surface area contributed by atoms with Gasteiger partial charge in [-0.05, 0) is 32.2 Å². The van der Waals surface area contributed by atoms with Crippen LogP contribution in [0.2, 0.25) is 0 Å². The summed E-state index contributed by atoms with van der Waals surface area (Å²) in [5, 5.41) is 8.59. The van der Waals surface area contributed by atoms with Gasteiger partial charge in [-0.15, -0.1) is 0 Å². The van der Waals surface area contributed by atoms with Crippen molar-refractivity contribution < 1.29 is 0 Å². The normalized spacial score (nSPS) is 19.4. The number of pyridine rings is 1. The van der Waals surface area contributed by atoms with Gasteiger partial charge in [0.15, 0.2) is 0 Å². The summed E-state index contributed by atoms with van der Waals surface area (Å²) in [6, 6.07) is 2.11. The average molecular weight is 378 g/mol.